The van der Waals surface area contributed by atoms with E-state index in [2.05, 4.69) is 15.3 Å². The Morgan fingerprint density at radius 1 is 1.78 bits per heavy atom. The zero-order valence-corrected chi connectivity index (χ0v) is 11.8. The molecule has 0 bridgehead atoms. The summed E-state index contributed by atoms with van der Waals surface area (Å²) in [6.07, 6.45) is 1.50. The minimum Gasteiger partial charge on any atom is -0.484 e. The van der Waals surface area contributed by atoms with Gasteiger partial charge in [-0.05, 0) is 6.92 Å². The molecule has 0 amide bonds. The van der Waals surface area contributed by atoms with Gasteiger partial charge in [0.1, 0.15) is 0 Å². The summed E-state index contributed by atoms with van der Waals surface area (Å²) in [7, 11) is 0. The van der Waals surface area contributed by atoms with Crippen LogP contribution in [0.3, 0.4) is 0 Å². The minimum atomic E-state index is -0.0891. The topological polar surface area (TPSA) is 96.4 Å². The third-order valence-corrected chi connectivity index (χ3v) is 3.50. The van der Waals surface area contributed by atoms with Crippen molar-refractivity contribution in [2.24, 2.45) is 10.7 Å². The first-order valence-electron chi connectivity index (χ1n) is 5.45. The number of hydrogen-bond acceptors (Lipinski definition) is 6. The molecular weight excluding hydrogens is 270 g/mol. The summed E-state index contributed by atoms with van der Waals surface area (Å²) in [5, 5.41) is 12.4. The van der Waals surface area contributed by atoms with Crippen LogP contribution in [0.25, 0.3) is 0 Å². The van der Waals surface area contributed by atoms with E-state index in [4.69, 9.17) is 15.9 Å². The van der Waals surface area contributed by atoms with Gasteiger partial charge in [0.25, 0.3) is 0 Å². The third-order valence-electron chi connectivity index (χ3n) is 1.72. The van der Waals surface area contributed by atoms with E-state index < -0.39 is 0 Å². The lowest BCUT2D eigenvalue weighted by molar-refractivity contribution is 0.342. The Morgan fingerprint density at radius 2 is 2.61 bits per heavy atom. The molecule has 0 aromatic carbocycles. The van der Waals surface area contributed by atoms with Crippen molar-refractivity contribution in [3.63, 3.8) is 0 Å². The molecule has 8 heteroatoms. The number of anilines is 1. The highest BCUT2D eigenvalue weighted by molar-refractivity contribution is 7.98. The Hall–Kier alpha value is -1.28. The van der Waals surface area contributed by atoms with Crippen molar-refractivity contribution >= 4 is 40.6 Å². The van der Waals surface area contributed by atoms with Gasteiger partial charge in [-0.3, -0.25) is 10.4 Å². The second-order valence-corrected chi connectivity index (χ2v) is 5.17. The monoisotopic (exact) mass is 287 g/mol. The molecule has 0 atom stereocenters. The molecule has 6 nitrogen and oxygen atoms in total. The van der Waals surface area contributed by atoms with Gasteiger partial charge >= 0.3 is 0 Å². The fraction of sp³-hybridized carbons (Fsp3) is 0.500. The number of thioether (sulfide) groups is 1. The molecule has 18 heavy (non-hydrogen) atoms. The van der Waals surface area contributed by atoms with Crippen molar-refractivity contribution in [2.75, 3.05) is 24.2 Å². The summed E-state index contributed by atoms with van der Waals surface area (Å²) in [4.78, 5) is 8.39. The molecule has 0 unspecified atom stereocenters. The summed E-state index contributed by atoms with van der Waals surface area (Å²) in [5.41, 5.74) is 6.21. The molecule has 0 aliphatic heterocycles. The highest BCUT2D eigenvalue weighted by atomic mass is 32.2. The number of guanidine groups is 1. The maximum absolute atomic E-state index is 7.09. The van der Waals surface area contributed by atoms with E-state index in [0.717, 1.165) is 23.7 Å². The first kappa shape index (κ1) is 14.8. The summed E-state index contributed by atoms with van der Waals surface area (Å²) >= 11 is 3.21. The average molecular weight is 287 g/mol. The molecule has 0 spiro atoms. The minimum absolute atomic E-state index is 0.0891. The number of nitrogens with two attached hydrogens (primary N) is 1. The Kier molecular flexibility index (Phi) is 7.19. The van der Waals surface area contributed by atoms with Gasteiger partial charge in [-0.1, -0.05) is 0 Å². The fourth-order valence-corrected chi connectivity index (χ4v) is 2.58. The molecule has 1 aromatic heterocycles. The van der Waals surface area contributed by atoms with Crippen LogP contribution >= 0.6 is 23.1 Å². The van der Waals surface area contributed by atoms with Crippen LogP contribution in [-0.4, -0.2) is 36.2 Å². The number of nitrogens with zero attached hydrogens (tertiary/aromatic N) is 2. The van der Waals surface area contributed by atoms with Crippen molar-refractivity contribution in [2.45, 2.75) is 12.7 Å². The first-order valence-corrected chi connectivity index (χ1v) is 7.49. The molecule has 0 saturated carbocycles. The largest absolute Gasteiger partial charge is 0.484 e. The predicted molar refractivity (Wildman–Crippen MR) is 78.8 cm³/mol. The lowest BCUT2D eigenvalue weighted by Crippen LogP contribution is -2.20. The summed E-state index contributed by atoms with van der Waals surface area (Å²) in [6, 6.07) is 0. The molecule has 4 N–H and O–H groups in total. The van der Waals surface area contributed by atoms with Gasteiger partial charge in [0.05, 0.1) is 18.8 Å². The van der Waals surface area contributed by atoms with Crippen LogP contribution < -0.4 is 11.1 Å². The highest BCUT2D eigenvalue weighted by Crippen LogP contribution is 2.19. The maximum atomic E-state index is 7.09. The fourth-order valence-electron chi connectivity index (χ4n) is 1.02. The van der Waals surface area contributed by atoms with E-state index in [9.17, 15) is 0 Å². The molecule has 0 aliphatic carbocycles. The maximum Gasteiger partial charge on any atom is 0.192 e. The molecule has 0 aliphatic rings. The predicted octanol–water partition coefficient (Wildman–Crippen LogP) is 1.75. The molecule has 100 valence electrons. The number of aliphatic imine (C=N–C) groups is 1. The van der Waals surface area contributed by atoms with Gasteiger partial charge in [0.2, 0.25) is 0 Å². The summed E-state index contributed by atoms with van der Waals surface area (Å²) < 4.78 is 4.99. The SMILES string of the molecule is CCOC=NCCSCc1csc(NC(=N)N)n1. The second kappa shape index (κ2) is 8.76. The van der Waals surface area contributed by atoms with Crippen LogP contribution in [0, 0.1) is 5.41 Å². The summed E-state index contributed by atoms with van der Waals surface area (Å²) in [6.45, 7) is 3.32. The highest BCUT2D eigenvalue weighted by Gasteiger charge is 2.02. The van der Waals surface area contributed by atoms with Crippen molar-refractivity contribution in [3.8, 4) is 0 Å². The van der Waals surface area contributed by atoms with E-state index >= 15 is 0 Å². The standard InChI is InChI=1S/C10H17N5OS2/c1-2-16-7-13-3-4-17-5-8-6-18-10(14-8)15-9(11)12/h6-7H,2-5H2,1H3,(H4,11,12,14,15). The smallest absolute Gasteiger partial charge is 0.192 e. The third kappa shape index (κ3) is 6.45. The van der Waals surface area contributed by atoms with Crippen molar-refractivity contribution in [3.05, 3.63) is 11.1 Å². The van der Waals surface area contributed by atoms with Crippen LogP contribution in [0.4, 0.5) is 5.13 Å². The lowest BCUT2D eigenvalue weighted by atomic mass is 10.6. The van der Waals surface area contributed by atoms with Gasteiger partial charge in [-0.2, -0.15) is 11.8 Å². The average Bonchev–Trinajstić information content (AvgIpc) is 2.75. The van der Waals surface area contributed by atoms with Gasteiger partial charge in [-0.15, -0.1) is 11.3 Å². The van der Waals surface area contributed by atoms with E-state index in [-0.39, 0.29) is 5.96 Å². The number of thiazole rings is 1. The number of aromatic nitrogens is 1. The van der Waals surface area contributed by atoms with Crippen LogP contribution in [0.1, 0.15) is 12.6 Å². The zero-order chi connectivity index (χ0) is 13.2. The lowest BCUT2D eigenvalue weighted by Gasteiger charge is -1.97. The van der Waals surface area contributed by atoms with E-state index in [1.165, 1.54) is 17.7 Å². The quantitative estimate of drug-likeness (QED) is 0.384. The van der Waals surface area contributed by atoms with Crippen LogP contribution in [-0.2, 0) is 10.5 Å². The van der Waals surface area contributed by atoms with Crippen LogP contribution in [0.5, 0.6) is 0 Å². The number of hydrogen-bond donors (Lipinski definition) is 3. The number of ether oxygens (including phenoxy) is 1. The van der Waals surface area contributed by atoms with Gasteiger partial charge < -0.3 is 15.8 Å². The molecule has 1 aromatic rings. The Balaban J connectivity index is 2.15. The molecular formula is C10H17N5OS2. The number of rotatable bonds is 8. The normalized spacial score (nSPS) is 10.7. The van der Waals surface area contributed by atoms with E-state index in [1.54, 1.807) is 11.8 Å². The number of nitrogens with one attached hydrogen (secondary N) is 2. The van der Waals surface area contributed by atoms with E-state index in [1.807, 2.05) is 12.3 Å². The molecule has 0 radical (unpaired) electrons. The van der Waals surface area contributed by atoms with E-state index in [0.29, 0.717) is 11.7 Å². The Bertz CT molecular complexity index is 393. The Morgan fingerprint density at radius 3 is 3.33 bits per heavy atom. The van der Waals surface area contributed by atoms with Gasteiger partial charge in [-0.25, -0.2) is 4.98 Å². The van der Waals surface area contributed by atoms with Crippen LogP contribution in [0.2, 0.25) is 0 Å². The first-order chi connectivity index (χ1) is 8.72. The van der Waals surface area contributed by atoms with Gasteiger partial charge in [0.15, 0.2) is 17.5 Å². The van der Waals surface area contributed by atoms with Gasteiger partial charge in [0, 0.05) is 16.9 Å². The van der Waals surface area contributed by atoms with Crippen molar-refractivity contribution < 1.29 is 4.74 Å². The molecule has 1 heterocycles. The molecule has 0 saturated heterocycles. The summed E-state index contributed by atoms with van der Waals surface area (Å²) in [5.74, 6) is 1.67. The zero-order valence-electron chi connectivity index (χ0n) is 10.2. The Labute approximate surface area is 115 Å². The second-order valence-electron chi connectivity index (χ2n) is 3.20. The van der Waals surface area contributed by atoms with Crippen molar-refractivity contribution in [1.29, 1.82) is 5.41 Å². The molecule has 0 fully saturated rings. The van der Waals surface area contributed by atoms with Crippen molar-refractivity contribution in [1.82, 2.24) is 4.98 Å². The molecule has 1 rings (SSSR count). The van der Waals surface area contributed by atoms with Crippen LogP contribution in [0.15, 0.2) is 10.4 Å².